The summed E-state index contributed by atoms with van der Waals surface area (Å²) in [4.78, 5) is 72.3. The summed E-state index contributed by atoms with van der Waals surface area (Å²) in [7, 11) is -9.89. The number of carbonyl (C=O) groups is 4. The average Bonchev–Trinajstić information content (AvgIpc) is 3.61. The molecule has 0 saturated carbocycles. The molecule has 522 valence electrons. The van der Waals surface area contributed by atoms with E-state index in [0.29, 0.717) is 25.7 Å². The van der Waals surface area contributed by atoms with Crippen LogP contribution in [0.15, 0.2) is 0 Å². The Morgan fingerprint density at radius 2 is 0.523 bits per heavy atom. The number of phosphoric ester groups is 2. The third kappa shape index (κ3) is 62.8. The van der Waals surface area contributed by atoms with Crippen molar-refractivity contribution in [2.75, 3.05) is 39.6 Å². The van der Waals surface area contributed by atoms with Gasteiger partial charge in [-0.05, 0) is 31.6 Å². The Labute approximate surface area is 537 Å². The molecule has 88 heavy (non-hydrogen) atoms. The number of ether oxygens (including phenoxy) is 4. The number of aliphatic hydroxyl groups is 1. The Morgan fingerprint density at radius 1 is 0.307 bits per heavy atom. The van der Waals surface area contributed by atoms with Crippen molar-refractivity contribution in [3.8, 4) is 0 Å². The molecule has 3 N–H and O–H groups in total. The molecule has 0 saturated heterocycles. The quantitative estimate of drug-likeness (QED) is 0.0222. The Balaban J connectivity index is 5.20. The number of esters is 4. The normalized spacial score (nSPS) is 14.1. The third-order valence-corrected chi connectivity index (χ3v) is 17.9. The minimum Gasteiger partial charge on any atom is -0.462 e. The van der Waals surface area contributed by atoms with Gasteiger partial charge < -0.3 is 33.8 Å². The number of hydrogen-bond acceptors (Lipinski definition) is 15. The first-order valence-electron chi connectivity index (χ1n) is 36.1. The fraction of sp³-hybridized carbons (Fsp3) is 0.942. The lowest BCUT2D eigenvalue weighted by Gasteiger charge is -2.21. The minimum absolute atomic E-state index is 0.106. The predicted molar refractivity (Wildman–Crippen MR) is 354 cm³/mol. The number of rotatable bonds is 69. The topological polar surface area (TPSA) is 237 Å². The molecule has 0 aromatic carbocycles. The largest absolute Gasteiger partial charge is 0.472 e. The summed E-state index contributed by atoms with van der Waals surface area (Å²) >= 11 is 0. The van der Waals surface area contributed by atoms with Crippen LogP contribution in [0.4, 0.5) is 0 Å². The van der Waals surface area contributed by atoms with Crippen molar-refractivity contribution in [3.05, 3.63) is 0 Å². The van der Waals surface area contributed by atoms with E-state index in [4.69, 9.17) is 37.0 Å². The highest BCUT2D eigenvalue weighted by atomic mass is 31.2. The van der Waals surface area contributed by atoms with Gasteiger partial charge in [-0.25, -0.2) is 9.13 Å². The lowest BCUT2D eigenvalue weighted by atomic mass is 10.0. The second-order valence-electron chi connectivity index (χ2n) is 25.4. The van der Waals surface area contributed by atoms with Crippen molar-refractivity contribution < 1.29 is 80.2 Å². The number of unbranched alkanes of at least 4 members (excludes halogenated alkanes) is 41. The van der Waals surface area contributed by atoms with Gasteiger partial charge in [-0.15, -0.1) is 0 Å². The molecule has 0 radical (unpaired) electrons. The van der Waals surface area contributed by atoms with Crippen LogP contribution >= 0.6 is 15.6 Å². The van der Waals surface area contributed by atoms with Crippen molar-refractivity contribution in [3.63, 3.8) is 0 Å². The van der Waals surface area contributed by atoms with E-state index in [1.807, 2.05) is 0 Å². The lowest BCUT2D eigenvalue weighted by Crippen LogP contribution is -2.30. The Hall–Kier alpha value is -1.94. The SMILES string of the molecule is CCCCCCCCCCCCCCCCCCCC(=O)O[C@H](COC(=O)CCCCCCCCCCCCCC(C)C)COP(=O)(O)OC[C@@H](O)COP(=O)(O)OC[C@@H](COC(=O)CCCCCCCCCC)OC(=O)CCCCCCCCCCC. The van der Waals surface area contributed by atoms with Crippen molar-refractivity contribution in [2.45, 2.75) is 374 Å². The molecule has 0 bridgehead atoms. The van der Waals surface area contributed by atoms with Gasteiger partial charge in [-0.1, -0.05) is 304 Å². The fourth-order valence-corrected chi connectivity index (χ4v) is 12.0. The van der Waals surface area contributed by atoms with Crippen molar-refractivity contribution in [1.29, 1.82) is 0 Å². The maximum absolute atomic E-state index is 13.0. The Morgan fingerprint density at radius 3 is 0.773 bits per heavy atom. The van der Waals surface area contributed by atoms with Crippen molar-refractivity contribution in [2.24, 2.45) is 5.92 Å². The number of hydrogen-bond donors (Lipinski definition) is 3. The first kappa shape index (κ1) is 86.1. The average molecular weight is 1300 g/mol. The van der Waals surface area contributed by atoms with Gasteiger partial charge in [0, 0.05) is 25.7 Å². The van der Waals surface area contributed by atoms with Crippen LogP contribution in [0, 0.1) is 5.92 Å². The maximum Gasteiger partial charge on any atom is 0.472 e. The highest BCUT2D eigenvalue weighted by molar-refractivity contribution is 7.47. The zero-order valence-corrected chi connectivity index (χ0v) is 58.6. The third-order valence-electron chi connectivity index (χ3n) is 16.0. The molecule has 17 nitrogen and oxygen atoms in total. The first-order chi connectivity index (χ1) is 42.5. The van der Waals surface area contributed by atoms with Gasteiger partial charge in [0.1, 0.15) is 19.3 Å². The molecule has 2 unspecified atom stereocenters. The molecule has 0 aliphatic rings. The van der Waals surface area contributed by atoms with E-state index in [9.17, 15) is 43.2 Å². The van der Waals surface area contributed by atoms with E-state index in [2.05, 4.69) is 34.6 Å². The molecule has 0 aliphatic heterocycles. The van der Waals surface area contributed by atoms with E-state index in [1.165, 1.54) is 173 Å². The number of carbonyl (C=O) groups excluding carboxylic acids is 4. The molecule has 0 amide bonds. The van der Waals surface area contributed by atoms with Crippen LogP contribution < -0.4 is 0 Å². The van der Waals surface area contributed by atoms with Crippen LogP contribution in [0.3, 0.4) is 0 Å². The van der Waals surface area contributed by atoms with E-state index < -0.39 is 97.5 Å². The van der Waals surface area contributed by atoms with Gasteiger partial charge in [-0.3, -0.25) is 37.3 Å². The second kappa shape index (κ2) is 62.5. The predicted octanol–water partition coefficient (Wildman–Crippen LogP) is 19.7. The zero-order valence-electron chi connectivity index (χ0n) is 56.9. The van der Waals surface area contributed by atoms with Crippen LogP contribution in [0.1, 0.15) is 356 Å². The van der Waals surface area contributed by atoms with Crippen molar-refractivity contribution >= 4 is 39.5 Å². The highest BCUT2D eigenvalue weighted by Crippen LogP contribution is 2.45. The summed E-state index contributed by atoms with van der Waals surface area (Å²) in [6.07, 6.45) is 48.6. The molecule has 19 heteroatoms. The van der Waals surface area contributed by atoms with Crippen LogP contribution in [0.25, 0.3) is 0 Å². The van der Waals surface area contributed by atoms with Crippen LogP contribution in [-0.4, -0.2) is 96.7 Å². The van der Waals surface area contributed by atoms with Gasteiger partial charge in [0.25, 0.3) is 0 Å². The standard InChI is InChI=1S/C69H134O17P2/c1-6-9-12-15-18-21-22-23-24-25-26-27-30-35-40-45-50-55-69(74)86-65(59-80-67(72)53-48-43-38-34-31-28-29-33-36-41-46-51-62(4)5)61-84-88(77,78)82-57-63(70)56-81-87(75,76)83-60-64(58-79-66(71)52-47-42-37-20-17-14-11-8-3)85-68(73)54-49-44-39-32-19-16-13-10-7-2/h62-65,70H,6-61H2,1-5H3,(H,75,76)(H,77,78)/t63-,64+,65+/m0/s1. The summed E-state index contributed by atoms with van der Waals surface area (Å²) in [5.41, 5.74) is 0. The Kier molecular flexibility index (Phi) is 61.1. The molecule has 0 aromatic heterocycles. The molecule has 0 spiro atoms. The van der Waals surface area contributed by atoms with Gasteiger partial charge in [0.15, 0.2) is 12.2 Å². The van der Waals surface area contributed by atoms with E-state index in [1.54, 1.807) is 0 Å². The second-order valence-corrected chi connectivity index (χ2v) is 28.3. The van der Waals surface area contributed by atoms with Gasteiger partial charge in [0.2, 0.25) is 0 Å². The molecule has 0 heterocycles. The lowest BCUT2D eigenvalue weighted by molar-refractivity contribution is -0.161. The summed E-state index contributed by atoms with van der Waals surface area (Å²) < 4.78 is 68.1. The smallest absolute Gasteiger partial charge is 0.462 e. The monoisotopic (exact) mass is 1300 g/mol. The maximum atomic E-state index is 13.0. The van der Waals surface area contributed by atoms with Gasteiger partial charge >= 0.3 is 39.5 Å². The Bertz CT molecular complexity index is 1700. The fourth-order valence-electron chi connectivity index (χ4n) is 10.5. The molecular formula is C69H134O17P2. The van der Waals surface area contributed by atoms with Gasteiger partial charge in [-0.2, -0.15) is 0 Å². The van der Waals surface area contributed by atoms with Crippen LogP contribution in [-0.2, 0) is 65.4 Å². The van der Waals surface area contributed by atoms with Crippen LogP contribution in [0.2, 0.25) is 0 Å². The van der Waals surface area contributed by atoms with Crippen LogP contribution in [0.5, 0.6) is 0 Å². The summed E-state index contributed by atoms with van der Waals surface area (Å²) in [5, 5.41) is 10.6. The van der Waals surface area contributed by atoms with Crippen molar-refractivity contribution in [1.82, 2.24) is 0 Å². The summed E-state index contributed by atoms with van der Waals surface area (Å²) in [6.45, 7) is 7.20. The molecule has 0 aromatic rings. The molecule has 5 atom stereocenters. The molecule has 0 aliphatic carbocycles. The highest BCUT2D eigenvalue weighted by Gasteiger charge is 2.30. The molecule has 0 rings (SSSR count). The summed E-state index contributed by atoms with van der Waals surface area (Å²) in [5.74, 6) is -1.36. The van der Waals surface area contributed by atoms with E-state index >= 15 is 0 Å². The minimum atomic E-state index is -4.95. The zero-order chi connectivity index (χ0) is 64.9. The molecule has 0 fully saturated rings. The first-order valence-corrected chi connectivity index (χ1v) is 39.1. The molecular weight excluding hydrogens is 1160 g/mol. The van der Waals surface area contributed by atoms with E-state index in [-0.39, 0.29) is 25.7 Å². The number of aliphatic hydroxyl groups excluding tert-OH is 1. The number of phosphoric acid groups is 2. The van der Waals surface area contributed by atoms with Gasteiger partial charge in [0.05, 0.1) is 26.4 Å². The summed E-state index contributed by atoms with van der Waals surface area (Å²) in [6, 6.07) is 0. The van der Waals surface area contributed by atoms with E-state index in [0.717, 1.165) is 102 Å².